The molecule has 0 aliphatic carbocycles. The van der Waals surface area contributed by atoms with E-state index in [2.05, 4.69) is 5.16 Å². The second kappa shape index (κ2) is 5.14. The van der Waals surface area contributed by atoms with E-state index in [1.165, 1.54) is 4.90 Å². The summed E-state index contributed by atoms with van der Waals surface area (Å²) in [6, 6.07) is 9.54. The summed E-state index contributed by atoms with van der Waals surface area (Å²) in [6.07, 6.45) is -0.481. The molecule has 0 bridgehead atoms. The Morgan fingerprint density at radius 3 is 2.40 bits per heavy atom. The lowest BCUT2D eigenvalue weighted by Gasteiger charge is -2.06. The summed E-state index contributed by atoms with van der Waals surface area (Å²) in [5.41, 5.74) is 1.61. The number of oxime groups is 1. The molecule has 0 unspecified atom stereocenters. The van der Waals surface area contributed by atoms with Crippen LogP contribution in [-0.4, -0.2) is 30.8 Å². The molecule has 0 radical (unpaired) electrons. The molecule has 15 heavy (non-hydrogen) atoms. The zero-order valence-electron chi connectivity index (χ0n) is 9.10. The van der Waals surface area contributed by atoms with Gasteiger partial charge in [0.2, 0.25) is 0 Å². The van der Waals surface area contributed by atoms with Gasteiger partial charge in [-0.1, -0.05) is 35.5 Å². The van der Waals surface area contributed by atoms with Crippen LogP contribution < -0.4 is 0 Å². The van der Waals surface area contributed by atoms with Crippen LogP contribution in [0.1, 0.15) is 12.5 Å². The number of hydrogen-bond donors (Lipinski definition) is 0. The highest BCUT2D eigenvalue weighted by molar-refractivity contribution is 5.98. The lowest BCUT2D eigenvalue weighted by Crippen LogP contribution is -2.21. The number of carbonyl (C=O) groups excluding carboxylic acids is 1. The zero-order chi connectivity index (χ0) is 11.3. The van der Waals surface area contributed by atoms with E-state index >= 15 is 0 Å². The quantitative estimate of drug-likeness (QED) is 0.422. The zero-order valence-corrected chi connectivity index (χ0v) is 9.10. The summed E-state index contributed by atoms with van der Waals surface area (Å²) < 4.78 is 0. The van der Waals surface area contributed by atoms with E-state index in [1.54, 1.807) is 21.0 Å². The second-order valence-corrected chi connectivity index (χ2v) is 3.29. The molecule has 0 aliphatic heterocycles. The Balaban J connectivity index is 2.65. The Morgan fingerprint density at radius 2 is 1.87 bits per heavy atom. The molecule has 0 saturated carbocycles. The molecule has 0 N–H and O–H groups in total. The molecule has 0 aliphatic rings. The highest BCUT2D eigenvalue weighted by Gasteiger charge is 2.04. The van der Waals surface area contributed by atoms with Crippen molar-refractivity contribution in [2.24, 2.45) is 5.16 Å². The second-order valence-electron chi connectivity index (χ2n) is 3.29. The van der Waals surface area contributed by atoms with Crippen LogP contribution in [0.15, 0.2) is 35.5 Å². The molecule has 0 spiro atoms. The Kier molecular flexibility index (Phi) is 3.85. The standard InChI is InChI=1S/C11H14N2O2/c1-9(10-7-5-4-6-8-10)12-15-11(14)13(2)3/h4-8H,1-3H3/b12-9-. The predicted octanol–water partition coefficient (Wildman–Crippen LogP) is 2.11. The van der Waals surface area contributed by atoms with E-state index < -0.39 is 6.09 Å². The van der Waals surface area contributed by atoms with Gasteiger partial charge in [0.25, 0.3) is 0 Å². The van der Waals surface area contributed by atoms with Crippen molar-refractivity contribution < 1.29 is 9.63 Å². The molecule has 4 heteroatoms. The highest BCUT2D eigenvalue weighted by atomic mass is 16.7. The number of nitrogens with zero attached hydrogens (tertiary/aromatic N) is 2. The van der Waals surface area contributed by atoms with Crippen LogP contribution in [0.2, 0.25) is 0 Å². The van der Waals surface area contributed by atoms with Crippen LogP contribution >= 0.6 is 0 Å². The van der Waals surface area contributed by atoms with Crippen molar-refractivity contribution >= 4 is 11.8 Å². The maximum Gasteiger partial charge on any atom is 0.435 e. The fourth-order valence-electron chi connectivity index (χ4n) is 0.921. The van der Waals surface area contributed by atoms with E-state index in [-0.39, 0.29) is 0 Å². The number of carbonyl (C=O) groups is 1. The van der Waals surface area contributed by atoms with Gasteiger partial charge in [-0.15, -0.1) is 0 Å². The van der Waals surface area contributed by atoms with E-state index in [0.717, 1.165) is 5.56 Å². The average molecular weight is 206 g/mol. The number of amides is 1. The fourth-order valence-corrected chi connectivity index (χ4v) is 0.921. The van der Waals surface area contributed by atoms with Crippen molar-refractivity contribution in [1.29, 1.82) is 0 Å². The van der Waals surface area contributed by atoms with Gasteiger partial charge in [0, 0.05) is 14.1 Å². The lowest BCUT2D eigenvalue weighted by molar-refractivity contribution is 0.122. The van der Waals surface area contributed by atoms with Crippen LogP contribution in [0.3, 0.4) is 0 Å². The van der Waals surface area contributed by atoms with E-state index in [1.807, 2.05) is 30.3 Å². The van der Waals surface area contributed by atoms with Gasteiger partial charge in [-0.25, -0.2) is 4.79 Å². The van der Waals surface area contributed by atoms with E-state index in [4.69, 9.17) is 4.84 Å². The normalized spacial score (nSPS) is 11.0. The molecule has 0 fully saturated rings. The van der Waals surface area contributed by atoms with Crippen molar-refractivity contribution in [1.82, 2.24) is 4.90 Å². The maximum absolute atomic E-state index is 11.1. The summed E-state index contributed by atoms with van der Waals surface area (Å²) in [4.78, 5) is 17.1. The summed E-state index contributed by atoms with van der Waals surface area (Å²) >= 11 is 0. The van der Waals surface area contributed by atoms with Crippen LogP contribution in [0.4, 0.5) is 4.79 Å². The highest BCUT2D eigenvalue weighted by Crippen LogP contribution is 2.01. The van der Waals surface area contributed by atoms with Crippen molar-refractivity contribution in [3.63, 3.8) is 0 Å². The molecule has 0 saturated heterocycles. The number of rotatable bonds is 2. The van der Waals surface area contributed by atoms with Crippen LogP contribution in [0.25, 0.3) is 0 Å². The third-order valence-corrected chi connectivity index (χ3v) is 1.82. The first-order valence-electron chi connectivity index (χ1n) is 4.59. The molecule has 0 heterocycles. The molecular weight excluding hydrogens is 192 g/mol. The summed E-state index contributed by atoms with van der Waals surface area (Å²) in [5, 5.41) is 3.74. The molecule has 1 rings (SSSR count). The van der Waals surface area contributed by atoms with Crippen LogP contribution in [0.5, 0.6) is 0 Å². The van der Waals surface area contributed by atoms with E-state index in [0.29, 0.717) is 5.71 Å². The molecule has 0 aromatic heterocycles. The molecule has 1 aromatic carbocycles. The predicted molar refractivity (Wildman–Crippen MR) is 58.8 cm³/mol. The van der Waals surface area contributed by atoms with Crippen LogP contribution in [0, 0.1) is 0 Å². The largest absolute Gasteiger partial charge is 0.435 e. The first-order valence-corrected chi connectivity index (χ1v) is 4.59. The Morgan fingerprint density at radius 1 is 1.27 bits per heavy atom. The molecular formula is C11H14N2O2. The van der Waals surface area contributed by atoms with E-state index in [9.17, 15) is 4.79 Å². The third kappa shape index (κ3) is 3.42. The molecule has 4 nitrogen and oxygen atoms in total. The van der Waals surface area contributed by atoms with Gasteiger partial charge in [-0.05, 0) is 12.5 Å². The minimum atomic E-state index is -0.481. The maximum atomic E-state index is 11.1. The summed E-state index contributed by atoms with van der Waals surface area (Å²) in [5.74, 6) is 0. The van der Waals surface area contributed by atoms with Gasteiger partial charge < -0.3 is 4.90 Å². The van der Waals surface area contributed by atoms with Gasteiger partial charge in [0.1, 0.15) is 0 Å². The van der Waals surface area contributed by atoms with Crippen molar-refractivity contribution in [3.8, 4) is 0 Å². The van der Waals surface area contributed by atoms with Crippen LogP contribution in [-0.2, 0) is 4.84 Å². The minimum Gasteiger partial charge on any atom is -0.312 e. The molecule has 0 atom stereocenters. The summed E-state index contributed by atoms with van der Waals surface area (Å²) in [7, 11) is 3.21. The topological polar surface area (TPSA) is 41.9 Å². The van der Waals surface area contributed by atoms with Gasteiger partial charge in [-0.3, -0.25) is 4.84 Å². The molecule has 1 amide bonds. The number of hydrogen-bond acceptors (Lipinski definition) is 3. The Labute approximate surface area is 89.1 Å². The Hall–Kier alpha value is -1.84. The monoisotopic (exact) mass is 206 g/mol. The fraction of sp³-hybridized carbons (Fsp3) is 0.273. The SMILES string of the molecule is C/C(=N/OC(=O)N(C)C)c1ccccc1. The average Bonchev–Trinajstić information content (AvgIpc) is 2.26. The first kappa shape index (κ1) is 11.2. The minimum absolute atomic E-state index is 0.481. The Bertz CT molecular complexity index is 358. The van der Waals surface area contributed by atoms with Gasteiger partial charge in [0.05, 0.1) is 5.71 Å². The summed E-state index contributed by atoms with van der Waals surface area (Å²) in [6.45, 7) is 1.79. The first-order chi connectivity index (χ1) is 7.11. The number of benzene rings is 1. The van der Waals surface area contributed by atoms with Gasteiger partial charge in [0.15, 0.2) is 0 Å². The smallest absolute Gasteiger partial charge is 0.312 e. The molecule has 1 aromatic rings. The molecule has 80 valence electrons. The lowest BCUT2D eigenvalue weighted by atomic mass is 10.1. The van der Waals surface area contributed by atoms with Crippen molar-refractivity contribution in [3.05, 3.63) is 35.9 Å². The third-order valence-electron chi connectivity index (χ3n) is 1.82. The van der Waals surface area contributed by atoms with Crippen molar-refractivity contribution in [2.75, 3.05) is 14.1 Å². The van der Waals surface area contributed by atoms with Gasteiger partial charge >= 0.3 is 6.09 Å². The van der Waals surface area contributed by atoms with Crippen molar-refractivity contribution in [2.45, 2.75) is 6.92 Å². The van der Waals surface area contributed by atoms with Gasteiger partial charge in [-0.2, -0.15) is 0 Å².